The molecule has 0 atom stereocenters. The van der Waals surface area contributed by atoms with Crippen LogP contribution >= 0.6 is 0 Å². The van der Waals surface area contributed by atoms with Crippen molar-refractivity contribution >= 4 is 11.6 Å². The lowest BCUT2D eigenvalue weighted by molar-refractivity contribution is -0.141. The molecule has 8 heteroatoms. The molecule has 2 rings (SSSR count). The van der Waals surface area contributed by atoms with E-state index in [0.29, 0.717) is 11.4 Å². The van der Waals surface area contributed by atoms with Crippen molar-refractivity contribution in [1.82, 2.24) is 9.78 Å². The number of carbonyl (C=O) groups is 1. The van der Waals surface area contributed by atoms with Crippen molar-refractivity contribution in [2.45, 2.75) is 19.6 Å². The monoisotopic (exact) mass is 313 g/mol. The number of alkyl halides is 3. The average molecular weight is 313 g/mol. The summed E-state index contributed by atoms with van der Waals surface area (Å²) in [4.78, 5) is 11.9. The van der Waals surface area contributed by atoms with E-state index in [-0.39, 0.29) is 6.54 Å². The van der Waals surface area contributed by atoms with Crippen LogP contribution in [-0.4, -0.2) is 22.8 Å². The Bertz CT molecular complexity index is 680. The van der Waals surface area contributed by atoms with Crippen LogP contribution < -0.4 is 10.1 Å². The van der Waals surface area contributed by atoms with Crippen LogP contribution in [0.25, 0.3) is 0 Å². The van der Waals surface area contributed by atoms with Gasteiger partial charge in [-0.2, -0.15) is 18.3 Å². The van der Waals surface area contributed by atoms with Crippen LogP contribution in [0.5, 0.6) is 5.75 Å². The van der Waals surface area contributed by atoms with Gasteiger partial charge in [-0.1, -0.05) is 6.07 Å². The van der Waals surface area contributed by atoms with Crippen molar-refractivity contribution in [3.05, 3.63) is 41.7 Å². The van der Waals surface area contributed by atoms with E-state index in [0.717, 1.165) is 22.5 Å². The summed E-state index contributed by atoms with van der Waals surface area (Å²) < 4.78 is 43.4. The summed E-state index contributed by atoms with van der Waals surface area (Å²) in [5.74, 6) is -0.0314. The highest BCUT2D eigenvalue weighted by molar-refractivity contribution is 5.92. The predicted molar refractivity (Wildman–Crippen MR) is 73.6 cm³/mol. The summed E-state index contributed by atoms with van der Waals surface area (Å²) in [6, 6.07) is 6.04. The van der Waals surface area contributed by atoms with Gasteiger partial charge in [-0.05, 0) is 30.7 Å². The second-order valence-electron chi connectivity index (χ2n) is 4.65. The molecule has 0 fully saturated rings. The van der Waals surface area contributed by atoms with Crippen molar-refractivity contribution in [1.29, 1.82) is 0 Å². The lowest BCUT2D eigenvalue weighted by Gasteiger charge is -2.11. The Hall–Kier alpha value is -2.51. The van der Waals surface area contributed by atoms with Gasteiger partial charge in [0, 0.05) is 6.20 Å². The molecule has 1 heterocycles. The van der Waals surface area contributed by atoms with Gasteiger partial charge >= 0.3 is 6.18 Å². The Morgan fingerprint density at radius 2 is 2.09 bits per heavy atom. The number of ether oxygens (including phenoxy) is 1. The van der Waals surface area contributed by atoms with Crippen LogP contribution in [0.4, 0.5) is 18.9 Å². The molecule has 0 bridgehead atoms. The zero-order chi connectivity index (χ0) is 16.3. The molecule has 1 aromatic carbocycles. The lowest BCUT2D eigenvalue weighted by atomic mass is 10.2. The molecule has 0 aliphatic heterocycles. The molecule has 0 aliphatic rings. The maximum absolute atomic E-state index is 12.4. The Morgan fingerprint density at radius 1 is 1.36 bits per heavy atom. The number of nitrogens with zero attached hydrogens (tertiary/aromatic N) is 2. The quantitative estimate of drug-likeness (QED) is 0.944. The molecule has 1 amide bonds. The van der Waals surface area contributed by atoms with Gasteiger partial charge in [-0.25, -0.2) is 0 Å². The van der Waals surface area contributed by atoms with Gasteiger partial charge in [0.05, 0.1) is 12.8 Å². The molecule has 0 saturated carbocycles. The fourth-order valence-electron chi connectivity index (χ4n) is 1.86. The van der Waals surface area contributed by atoms with Crippen molar-refractivity contribution in [2.75, 3.05) is 12.4 Å². The van der Waals surface area contributed by atoms with Crippen LogP contribution in [0.2, 0.25) is 0 Å². The number of halogens is 3. The van der Waals surface area contributed by atoms with Gasteiger partial charge in [-0.3, -0.25) is 9.48 Å². The number of carbonyl (C=O) groups excluding carboxylic acids is 1. The van der Waals surface area contributed by atoms with Gasteiger partial charge in [0.15, 0.2) is 5.69 Å². The molecule has 118 valence electrons. The predicted octanol–water partition coefficient (Wildman–Crippen LogP) is 2.86. The first-order valence-corrected chi connectivity index (χ1v) is 6.35. The van der Waals surface area contributed by atoms with Crippen LogP contribution in [-0.2, 0) is 17.5 Å². The van der Waals surface area contributed by atoms with E-state index in [1.165, 1.54) is 7.11 Å². The number of hydrogen-bond donors (Lipinski definition) is 1. The number of aryl methyl sites for hydroxylation is 1. The largest absolute Gasteiger partial charge is 0.495 e. The van der Waals surface area contributed by atoms with Gasteiger partial charge < -0.3 is 10.1 Å². The van der Waals surface area contributed by atoms with E-state index in [1.807, 2.05) is 13.0 Å². The number of methoxy groups -OCH3 is 1. The van der Waals surface area contributed by atoms with Crippen LogP contribution in [0.15, 0.2) is 30.5 Å². The number of benzene rings is 1. The summed E-state index contributed by atoms with van der Waals surface area (Å²) in [5, 5.41) is 5.92. The highest BCUT2D eigenvalue weighted by atomic mass is 19.4. The number of amides is 1. The zero-order valence-corrected chi connectivity index (χ0v) is 11.9. The molecule has 0 spiro atoms. The minimum Gasteiger partial charge on any atom is -0.495 e. The number of hydrogen-bond acceptors (Lipinski definition) is 3. The van der Waals surface area contributed by atoms with Crippen molar-refractivity contribution < 1.29 is 22.7 Å². The van der Waals surface area contributed by atoms with Crippen molar-refractivity contribution in [3.63, 3.8) is 0 Å². The fourth-order valence-corrected chi connectivity index (χ4v) is 1.86. The van der Waals surface area contributed by atoms with Gasteiger partial charge in [0.1, 0.15) is 12.3 Å². The van der Waals surface area contributed by atoms with Crippen LogP contribution in [0.1, 0.15) is 11.3 Å². The van der Waals surface area contributed by atoms with Crippen LogP contribution in [0.3, 0.4) is 0 Å². The third kappa shape index (κ3) is 3.78. The molecule has 1 N–H and O–H groups in total. The van der Waals surface area contributed by atoms with E-state index in [9.17, 15) is 18.0 Å². The summed E-state index contributed by atoms with van der Waals surface area (Å²) >= 11 is 0. The van der Waals surface area contributed by atoms with Crippen molar-refractivity contribution in [2.24, 2.45) is 0 Å². The van der Waals surface area contributed by atoms with Gasteiger partial charge in [-0.15, -0.1) is 0 Å². The first kappa shape index (κ1) is 15.9. The zero-order valence-electron chi connectivity index (χ0n) is 11.9. The maximum Gasteiger partial charge on any atom is 0.435 e. The topological polar surface area (TPSA) is 56.1 Å². The normalized spacial score (nSPS) is 11.3. The highest BCUT2D eigenvalue weighted by Crippen LogP contribution is 2.27. The molecular weight excluding hydrogens is 299 g/mol. The molecule has 2 aromatic rings. The van der Waals surface area contributed by atoms with E-state index in [4.69, 9.17) is 4.74 Å². The molecule has 0 radical (unpaired) electrons. The number of nitrogens with one attached hydrogen (secondary N) is 1. The minimum absolute atomic E-state index is 0.326. The third-order valence-electron chi connectivity index (χ3n) is 2.87. The second-order valence-corrected chi connectivity index (χ2v) is 4.65. The third-order valence-corrected chi connectivity index (χ3v) is 2.87. The Kier molecular flexibility index (Phi) is 4.39. The van der Waals surface area contributed by atoms with Crippen molar-refractivity contribution in [3.8, 4) is 5.75 Å². The van der Waals surface area contributed by atoms with E-state index in [1.54, 1.807) is 12.1 Å². The highest BCUT2D eigenvalue weighted by Gasteiger charge is 2.33. The Morgan fingerprint density at radius 3 is 2.68 bits per heavy atom. The second kappa shape index (κ2) is 6.08. The molecule has 0 unspecified atom stereocenters. The molecule has 1 aromatic heterocycles. The Labute approximate surface area is 124 Å². The van der Waals surface area contributed by atoms with Crippen LogP contribution in [0, 0.1) is 6.92 Å². The molecule has 5 nitrogen and oxygen atoms in total. The summed E-state index contributed by atoms with van der Waals surface area (Å²) in [6.45, 7) is 1.52. The minimum atomic E-state index is -4.53. The maximum atomic E-state index is 12.4. The lowest BCUT2D eigenvalue weighted by Crippen LogP contribution is -2.20. The standard InChI is InChI=1S/C14H14F3N3O2/c1-9-3-4-11(22-2)10(7-9)18-13(21)8-20-6-5-12(19-20)14(15,16)17/h3-7H,8H2,1-2H3,(H,18,21). The molecule has 22 heavy (non-hydrogen) atoms. The fraction of sp³-hybridized carbons (Fsp3) is 0.286. The number of rotatable bonds is 4. The molecule has 0 aliphatic carbocycles. The smallest absolute Gasteiger partial charge is 0.435 e. The SMILES string of the molecule is COc1ccc(C)cc1NC(=O)Cn1ccc(C(F)(F)F)n1. The van der Waals surface area contributed by atoms with E-state index >= 15 is 0 Å². The molecule has 0 saturated heterocycles. The van der Waals surface area contributed by atoms with Gasteiger partial charge in [0.25, 0.3) is 0 Å². The van der Waals surface area contributed by atoms with Gasteiger partial charge in [0.2, 0.25) is 5.91 Å². The number of aromatic nitrogens is 2. The number of anilines is 1. The summed E-state index contributed by atoms with van der Waals surface area (Å²) in [5.41, 5.74) is 0.332. The summed E-state index contributed by atoms with van der Waals surface area (Å²) in [7, 11) is 1.46. The van der Waals surface area contributed by atoms with E-state index < -0.39 is 17.8 Å². The Balaban J connectivity index is 2.07. The first-order valence-electron chi connectivity index (χ1n) is 6.35. The average Bonchev–Trinajstić information content (AvgIpc) is 2.87. The first-order chi connectivity index (χ1) is 10.3. The summed E-state index contributed by atoms with van der Waals surface area (Å²) in [6.07, 6.45) is -3.42. The van der Waals surface area contributed by atoms with E-state index in [2.05, 4.69) is 10.4 Å². The molecular formula is C14H14F3N3O2.